The summed E-state index contributed by atoms with van der Waals surface area (Å²) in [5.41, 5.74) is 16.7. The quantitative estimate of drug-likeness (QED) is 0.0423. The van der Waals surface area contributed by atoms with E-state index in [0.717, 1.165) is 0 Å². The van der Waals surface area contributed by atoms with E-state index in [-0.39, 0.29) is 38.1 Å². The van der Waals surface area contributed by atoms with Gasteiger partial charge in [-0.3, -0.25) is 43.2 Å². The van der Waals surface area contributed by atoms with Crippen LogP contribution >= 0.6 is 0 Å². The Morgan fingerprint density at radius 3 is 1.86 bits per heavy atom. The number of carbonyl (C=O) groups is 9. The van der Waals surface area contributed by atoms with Crippen LogP contribution in [0.3, 0.4) is 0 Å². The highest BCUT2D eigenvalue weighted by Gasteiger charge is 2.39. The first kappa shape index (κ1) is 49.2. The smallest absolute Gasteiger partial charge is 0.322 e. The second-order valence-electron chi connectivity index (χ2n) is 15.2. The predicted molar refractivity (Wildman–Crippen MR) is 205 cm³/mol. The molecule has 1 aliphatic heterocycles. The molecule has 20 heteroatoms. The lowest BCUT2D eigenvalue weighted by Gasteiger charge is -2.31. The third kappa shape index (κ3) is 17.3. The second-order valence-corrected chi connectivity index (χ2v) is 15.2. The van der Waals surface area contributed by atoms with Crippen molar-refractivity contribution in [3.05, 3.63) is 0 Å². The number of hydrogen-bond donors (Lipinski definition) is 10. The lowest BCUT2D eigenvalue weighted by atomic mass is 9.98. The van der Waals surface area contributed by atoms with Crippen molar-refractivity contribution in [1.82, 2.24) is 36.8 Å². The van der Waals surface area contributed by atoms with Gasteiger partial charge in [-0.2, -0.15) is 0 Å². The number of likely N-dealkylation sites (tertiary alicyclic amines) is 1. The number of aliphatic carboxylic acids is 1. The number of amides is 8. The minimum absolute atomic E-state index is 0.106. The van der Waals surface area contributed by atoms with Crippen molar-refractivity contribution in [2.45, 2.75) is 129 Å². The van der Waals surface area contributed by atoms with E-state index in [4.69, 9.17) is 22.3 Å². The molecule has 56 heavy (non-hydrogen) atoms. The number of rotatable bonds is 25. The van der Waals surface area contributed by atoms with Gasteiger partial charge in [0, 0.05) is 13.0 Å². The molecule has 0 saturated carbocycles. The maximum atomic E-state index is 13.8. The van der Waals surface area contributed by atoms with E-state index in [9.17, 15) is 43.2 Å². The van der Waals surface area contributed by atoms with Gasteiger partial charge in [-0.1, -0.05) is 48.0 Å². The molecule has 1 rings (SSSR count). The van der Waals surface area contributed by atoms with Crippen molar-refractivity contribution in [2.24, 2.45) is 35.0 Å². The van der Waals surface area contributed by atoms with Gasteiger partial charge in [-0.25, -0.2) is 0 Å². The number of carbonyl (C=O) groups excluding carboxylic acids is 8. The van der Waals surface area contributed by atoms with Gasteiger partial charge < -0.3 is 59.1 Å². The van der Waals surface area contributed by atoms with E-state index in [1.54, 1.807) is 27.7 Å². The molecule has 0 aromatic heterocycles. The largest absolute Gasteiger partial charge is 0.480 e. The maximum Gasteiger partial charge on any atom is 0.322 e. The molecule has 0 radical (unpaired) electrons. The molecule has 6 atom stereocenters. The second kappa shape index (κ2) is 24.6. The molecule has 318 valence electrons. The number of unbranched alkanes of at least 4 members (excludes halogenated alkanes) is 1. The van der Waals surface area contributed by atoms with Gasteiger partial charge in [-0.05, 0) is 62.8 Å². The number of nitrogens with zero attached hydrogens (tertiary/aromatic N) is 1. The fraction of sp³-hybridized carbons (Fsp3) is 0.750. The molecule has 20 nitrogen and oxygen atoms in total. The number of carboxylic acids is 1. The Morgan fingerprint density at radius 2 is 1.32 bits per heavy atom. The molecule has 0 bridgehead atoms. The van der Waals surface area contributed by atoms with E-state index in [2.05, 4.69) is 31.9 Å². The first-order valence-electron chi connectivity index (χ1n) is 19.2. The zero-order valence-corrected chi connectivity index (χ0v) is 33.5. The van der Waals surface area contributed by atoms with Gasteiger partial charge >= 0.3 is 5.97 Å². The van der Waals surface area contributed by atoms with Crippen LogP contribution in [-0.4, -0.2) is 126 Å². The Labute approximate surface area is 328 Å². The molecule has 1 heterocycles. The molecule has 1 saturated heterocycles. The monoisotopic (exact) mass is 796 g/mol. The Hall–Kier alpha value is -4.85. The Morgan fingerprint density at radius 1 is 0.732 bits per heavy atom. The Balaban J connectivity index is 3.12. The Bertz CT molecular complexity index is 1390. The Kier molecular flexibility index (Phi) is 21.6. The predicted octanol–water partition coefficient (Wildman–Crippen LogP) is -2.69. The first-order chi connectivity index (χ1) is 26.2. The van der Waals surface area contributed by atoms with Gasteiger partial charge in [0.1, 0.15) is 36.8 Å². The van der Waals surface area contributed by atoms with Crippen LogP contribution in [0.1, 0.15) is 92.9 Å². The fourth-order valence-electron chi connectivity index (χ4n) is 6.04. The summed E-state index contributed by atoms with van der Waals surface area (Å²) in [5.74, 6) is -7.76. The normalized spacial score (nSPS) is 16.6. The van der Waals surface area contributed by atoms with Crippen molar-refractivity contribution in [3.63, 3.8) is 0 Å². The standard InChI is InChI=1S/C36H64N10O10/c1-19(2)16-24(43-34(54)29(20(3)4)44-27(48)17-40-31(51)22(38)10-7-8-14-37)32(52)45-30(21(5)6)35(55)42-23(12-13-26(39)47)36(56)46-15-9-11-25(46)33(53)41-18-28(49)50/h19-25,29-30H,7-18,37-38H2,1-6H3,(H2,39,47)(H,40,51)(H,41,53)(H,42,55)(H,43,54)(H,44,48)(H,45,52)(H,49,50)/t22-,23-,24-,25-,29-,30-/m0/s1. The van der Waals surface area contributed by atoms with Crippen LogP contribution in [0, 0.1) is 17.8 Å². The summed E-state index contributed by atoms with van der Waals surface area (Å²) in [5, 5.41) is 24.2. The zero-order valence-electron chi connectivity index (χ0n) is 33.5. The molecule has 0 aromatic carbocycles. The molecule has 8 amide bonds. The van der Waals surface area contributed by atoms with Crippen LogP contribution in [0.2, 0.25) is 0 Å². The average molecular weight is 797 g/mol. The van der Waals surface area contributed by atoms with Crippen molar-refractivity contribution >= 4 is 53.2 Å². The highest BCUT2D eigenvalue weighted by Crippen LogP contribution is 2.20. The van der Waals surface area contributed by atoms with Crippen LogP contribution in [0.5, 0.6) is 0 Å². The first-order valence-corrected chi connectivity index (χ1v) is 19.2. The number of nitrogens with two attached hydrogens (primary N) is 3. The van der Waals surface area contributed by atoms with Gasteiger partial charge in [0.05, 0.1) is 12.6 Å². The van der Waals surface area contributed by atoms with Gasteiger partial charge in [0.25, 0.3) is 0 Å². The number of hydrogen-bond acceptors (Lipinski definition) is 11. The van der Waals surface area contributed by atoms with Crippen LogP contribution < -0.4 is 49.1 Å². The zero-order chi connectivity index (χ0) is 42.7. The molecular weight excluding hydrogens is 732 g/mol. The van der Waals surface area contributed by atoms with E-state index in [1.165, 1.54) is 4.90 Å². The molecule has 0 aliphatic carbocycles. The summed E-state index contributed by atoms with van der Waals surface area (Å²) < 4.78 is 0. The maximum absolute atomic E-state index is 13.8. The van der Waals surface area contributed by atoms with E-state index in [1.807, 2.05) is 13.8 Å². The van der Waals surface area contributed by atoms with Crippen molar-refractivity contribution < 1.29 is 48.3 Å². The minimum atomic E-state index is -1.32. The lowest BCUT2D eigenvalue weighted by molar-refractivity contribution is -0.143. The number of nitrogens with one attached hydrogen (secondary N) is 6. The van der Waals surface area contributed by atoms with Crippen LogP contribution in [0.15, 0.2) is 0 Å². The fourth-order valence-corrected chi connectivity index (χ4v) is 6.04. The van der Waals surface area contributed by atoms with Gasteiger partial charge in [0.15, 0.2) is 0 Å². The summed E-state index contributed by atoms with van der Waals surface area (Å²) in [6.07, 6.45) is 2.09. The summed E-state index contributed by atoms with van der Waals surface area (Å²) in [4.78, 5) is 116. The third-order valence-electron chi connectivity index (χ3n) is 9.13. The molecule has 0 spiro atoms. The highest BCUT2D eigenvalue weighted by atomic mass is 16.4. The van der Waals surface area contributed by atoms with Crippen LogP contribution in [0.4, 0.5) is 0 Å². The molecule has 1 fully saturated rings. The SMILES string of the molecule is CC(C)C[C@H](NC(=O)[C@@H](NC(=O)CNC(=O)[C@@H](N)CCCCN)C(C)C)C(=O)N[C@H](C(=O)N[C@@H](CCC(N)=O)C(=O)N1CCC[C@H]1C(=O)NCC(=O)O)C(C)C. The number of primary amides is 1. The van der Waals surface area contributed by atoms with Crippen LogP contribution in [0.25, 0.3) is 0 Å². The minimum Gasteiger partial charge on any atom is -0.480 e. The summed E-state index contributed by atoms with van der Waals surface area (Å²) in [6, 6.07) is -6.61. The number of carboxylic acid groups (broad SMARTS) is 1. The summed E-state index contributed by atoms with van der Waals surface area (Å²) >= 11 is 0. The average Bonchev–Trinajstić information content (AvgIpc) is 3.61. The third-order valence-corrected chi connectivity index (χ3v) is 9.13. The summed E-state index contributed by atoms with van der Waals surface area (Å²) in [6.45, 7) is 9.87. The molecular formula is C36H64N10O10. The topological polar surface area (TPSA) is 327 Å². The molecule has 13 N–H and O–H groups in total. The van der Waals surface area contributed by atoms with Gasteiger partial charge in [0.2, 0.25) is 47.3 Å². The lowest BCUT2D eigenvalue weighted by Crippen LogP contribution is -2.61. The summed E-state index contributed by atoms with van der Waals surface area (Å²) in [7, 11) is 0. The van der Waals surface area contributed by atoms with Crippen LogP contribution in [-0.2, 0) is 43.2 Å². The van der Waals surface area contributed by atoms with Gasteiger partial charge in [-0.15, -0.1) is 0 Å². The molecule has 0 aromatic rings. The van der Waals surface area contributed by atoms with Crippen molar-refractivity contribution in [2.75, 3.05) is 26.2 Å². The van der Waals surface area contributed by atoms with E-state index >= 15 is 0 Å². The van der Waals surface area contributed by atoms with E-state index < -0.39 is 114 Å². The molecule has 0 unspecified atom stereocenters. The van der Waals surface area contributed by atoms with E-state index in [0.29, 0.717) is 32.2 Å². The highest BCUT2D eigenvalue weighted by molar-refractivity contribution is 5.97. The molecule has 1 aliphatic rings. The van der Waals surface area contributed by atoms with Crippen molar-refractivity contribution in [3.8, 4) is 0 Å². The van der Waals surface area contributed by atoms with Crippen molar-refractivity contribution in [1.29, 1.82) is 0 Å².